The Morgan fingerprint density at radius 2 is 1.80 bits per heavy atom. The molecule has 0 spiro atoms. The summed E-state index contributed by atoms with van der Waals surface area (Å²) in [6.07, 6.45) is 19.3. The molecule has 30 heavy (non-hydrogen) atoms. The first-order valence-electron chi connectivity index (χ1n) is 12.5. The highest BCUT2D eigenvalue weighted by Crippen LogP contribution is 2.21. The number of nitrogens with one attached hydrogen (secondary N) is 1. The van der Waals surface area contributed by atoms with Crippen LogP contribution < -0.4 is 16.4 Å². The number of nitrogens with zero attached hydrogens (tertiary/aromatic N) is 2. The highest BCUT2D eigenvalue weighted by atomic mass is 16.3. The van der Waals surface area contributed by atoms with Gasteiger partial charge in [0, 0.05) is 38.6 Å². The molecule has 2 rings (SSSR count). The van der Waals surface area contributed by atoms with Crippen LogP contribution in [0.5, 0.6) is 0 Å². The van der Waals surface area contributed by atoms with Crippen LogP contribution in [0, 0.1) is 5.92 Å². The van der Waals surface area contributed by atoms with Gasteiger partial charge in [-0.25, -0.2) is 0 Å². The predicted molar refractivity (Wildman–Crippen MR) is 126 cm³/mol. The second kappa shape index (κ2) is 13.3. The zero-order chi connectivity index (χ0) is 21.8. The molecule has 0 amide bonds. The lowest BCUT2D eigenvalue weighted by molar-refractivity contribution is -0.995. The molecule has 2 aliphatic rings. The van der Waals surface area contributed by atoms with Gasteiger partial charge < -0.3 is 16.6 Å². The van der Waals surface area contributed by atoms with Gasteiger partial charge in [0.2, 0.25) is 5.72 Å². The molecule has 0 bridgehead atoms. The maximum Gasteiger partial charge on any atom is 0.220 e. The Morgan fingerprint density at radius 1 is 1.10 bits per heavy atom. The predicted octanol–water partition coefficient (Wildman–Crippen LogP) is 2.38. The number of quaternary nitrogens is 1. The Hall–Kier alpha value is -1.11. The molecule has 0 aromatic carbocycles. The molecule has 1 saturated heterocycles. The van der Waals surface area contributed by atoms with Crippen LogP contribution in [0.4, 0.5) is 0 Å². The Bertz CT molecular complexity index is 532. The summed E-state index contributed by atoms with van der Waals surface area (Å²) in [5.74, 6) is 1.02. The zero-order valence-corrected chi connectivity index (χ0v) is 19.6. The van der Waals surface area contributed by atoms with E-state index in [-0.39, 0.29) is 5.96 Å². The minimum Gasteiger partial charge on any atom is -0.370 e. The van der Waals surface area contributed by atoms with Crippen molar-refractivity contribution in [3.05, 3.63) is 12.2 Å². The first kappa shape index (κ1) is 25.2. The van der Waals surface area contributed by atoms with Gasteiger partial charge in [-0.2, -0.15) is 0 Å². The fourth-order valence-corrected chi connectivity index (χ4v) is 5.01. The molecule has 1 fully saturated rings. The van der Waals surface area contributed by atoms with E-state index in [1.165, 1.54) is 49.8 Å². The lowest BCUT2D eigenvalue weighted by atomic mass is 10.0. The molecule has 2 aliphatic heterocycles. The molecule has 2 heterocycles. The van der Waals surface area contributed by atoms with Gasteiger partial charge in [-0.3, -0.25) is 14.8 Å². The normalized spacial score (nSPS) is 26.3. The van der Waals surface area contributed by atoms with Crippen molar-refractivity contribution in [3.8, 4) is 0 Å². The van der Waals surface area contributed by atoms with E-state index in [0.717, 1.165) is 57.7 Å². The maximum atomic E-state index is 11.3. The smallest absolute Gasteiger partial charge is 0.220 e. The number of nitrogens with two attached hydrogens (primary N) is 2. The molecule has 6 N–H and O–H groups in total. The van der Waals surface area contributed by atoms with E-state index < -0.39 is 5.72 Å². The SMILES string of the molecule is CC(C)CCCCCCCCCC1(O)C=CC2N(CCCCN=C(N)N)CCC[NH+]21. The second-order valence-electron chi connectivity index (χ2n) is 9.81. The van der Waals surface area contributed by atoms with Gasteiger partial charge in [0.15, 0.2) is 12.1 Å². The van der Waals surface area contributed by atoms with Crippen LogP contribution in [0.2, 0.25) is 0 Å². The van der Waals surface area contributed by atoms with Crippen LogP contribution >= 0.6 is 0 Å². The number of aliphatic imine (C=N–C) groups is 1. The molecular formula is C24H48N5O+. The number of hydrogen-bond acceptors (Lipinski definition) is 3. The second-order valence-corrected chi connectivity index (χ2v) is 9.81. The van der Waals surface area contributed by atoms with Crippen molar-refractivity contribution < 1.29 is 10.0 Å². The first-order valence-corrected chi connectivity index (χ1v) is 12.5. The zero-order valence-electron chi connectivity index (χ0n) is 19.6. The third-order valence-electron chi connectivity index (χ3n) is 6.74. The van der Waals surface area contributed by atoms with E-state index in [9.17, 15) is 5.11 Å². The van der Waals surface area contributed by atoms with E-state index in [0.29, 0.717) is 12.7 Å². The molecular weight excluding hydrogens is 374 g/mol. The summed E-state index contributed by atoms with van der Waals surface area (Å²) < 4.78 is 0. The Morgan fingerprint density at radius 3 is 2.50 bits per heavy atom. The fourth-order valence-electron chi connectivity index (χ4n) is 5.01. The van der Waals surface area contributed by atoms with Crippen molar-refractivity contribution in [1.29, 1.82) is 0 Å². The summed E-state index contributed by atoms with van der Waals surface area (Å²) in [6, 6.07) is 0. The summed E-state index contributed by atoms with van der Waals surface area (Å²) in [4.78, 5) is 7.93. The third kappa shape index (κ3) is 8.56. The highest BCUT2D eigenvalue weighted by Gasteiger charge is 2.48. The molecule has 0 aliphatic carbocycles. The molecule has 6 nitrogen and oxygen atoms in total. The number of hydrogen-bond donors (Lipinski definition) is 4. The topological polar surface area (TPSA) is 92.3 Å². The van der Waals surface area contributed by atoms with Crippen LogP contribution in [0.1, 0.15) is 90.9 Å². The molecule has 0 saturated carbocycles. The van der Waals surface area contributed by atoms with Crippen molar-refractivity contribution >= 4 is 5.96 Å². The van der Waals surface area contributed by atoms with Gasteiger partial charge in [-0.15, -0.1) is 0 Å². The van der Waals surface area contributed by atoms with E-state index in [1.54, 1.807) is 0 Å². The molecule has 6 heteroatoms. The number of aliphatic hydroxyl groups is 1. The largest absolute Gasteiger partial charge is 0.370 e. The average molecular weight is 423 g/mol. The van der Waals surface area contributed by atoms with Crippen molar-refractivity contribution in [2.45, 2.75) is 103 Å². The Labute approximate surface area is 184 Å². The number of unbranched alkanes of at least 4 members (excludes halogenated alkanes) is 7. The van der Waals surface area contributed by atoms with Crippen molar-refractivity contribution in [2.24, 2.45) is 22.4 Å². The van der Waals surface area contributed by atoms with Crippen molar-refractivity contribution in [3.63, 3.8) is 0 Å². The van der Waals surface area contributed by atoms with Crippen LogP contribution in [0.25, 0.3) is 0 Å². The summed E-state index contributed by atoms with van der Waals surface area (Å²) >= 11 is 0. The van der Waals surface area contributed by atoms with Crippen LogP contribution in [-0.4, -0.2) is 54.0 Å². The van der Waals surface area contributed by atoms with E-state index in [1.807, 2.05) is 0 Å². The van der Waals surface area contributed by atoms with Gasteiger partial charge in [0.25, 0.3) is 0 Å². The van der Waals surface area contributed by atoms with Gasteiger partial charge in [0.05, 0.1) is 6.54 Å². The Kier molecular flexibility index (Phi) is 11.2. The minimum absolute atomic E-state index is 0.179. The van der Waals surface area contributed by atoms with Crippen LogP contribution in [-0.2, 0) is 0 Å². The van der Waals surface area contributed by atoms with Gasteiger partial charge in [-0.05, 0) is 31.3 Å². The Balaban J connectivity index is 1.62. The number of fused-ring (bicyclic) bond motifs is 1. The minimum atomic E-state index is -0.668. The molecule has 3 unspecified atom stereocenters. The van der Waals surface area contributed by atoms with Gasteiger partial charge >= 0.3 is 0 Å². The highest BCUT2D eigenvalue weighted by molar-refractivity contribution is 5.75. The molecule has 0 aromatic rings. The molecule has 0 aromatic heterocycles. The first-order chi connectivity index (χ1) is 14.4. The average Bonchev–Trinajstić information content (AvgIpc) is 3.04. The van der Waals surface area contributed by atoms with Crippen molar-refractivity contribution in [1.82, 2.24) is 4.90 Å². The number of guanidine groups is 1. The lowest BCUT2D eigenvalue weighted by Gasteiger charge is -2.42. The van der Waals surface area contributed by atoms with E-state index in [2.05, 4.69) is 35.9 Å². The lowest BCUT2D eigenvalue weighted by Crippen LogP contribution is -3.24. The molecule has 3 atom stereocenters. The van der Waals surface area contributed by atoms with Crippen molar-refractivity contribution in [2.75, 3.05) is 26.2 Å². The molecule has 174 valence electrons. The summed E-state index contributed by atoms with van der Waals surface area (Å²) in [7, 11) is 0. The fraction of sp³-hybridized carbons (Fsp3) is 0.875. The maximum absolute atomic E-state index is 11.3. The summed E-state index contributed by atoms with van der Waals surface area (Å²) in [5.41, 5.74) is 10.1. The van der Waals surface area contributed by atoms with Crippen LogP contribution in [0.3, 0.4) is 0 Å². The van der Waals surface area contributed by atoms with E-state index in [4.69, 9.17) is 11.5 Å². The molecule has 0 radical (unpaired) electrons. The number of rotatable bonds is 15. The quantitative estimate of drug-likeness (QED) is 0.141. The standard InChI is InChI=1S/C24H47N5O/c1-21(2)13-8-6-4-3-5-7-9-15-24(30)16-14-22-28(19-12-20-29(22)24)18-11-10-17-27-23(25)26/h14,16,21-22,30H,3-13,15,17-20H2,1-2H3,(H4,25,26,27)/p+1. The monoisotopic (exact) mass is 422 g/mol. The van der Waals surface area contributed by atoms with Crippen LogP contribution in [0.15, 0.2) is 17.1 Å². The van der Waals surface area contributed by atoms with E-state index >= 15 is 0 Å². The summed E-state index contributed by atoms with van der Waals surface area (Å²) in [6.45, 7) is 8.55. The van der Waals surface area contributed by atoms with Gasteiger partial charge in [0.1, 0.15) is 0 Å². The van der Waals surface area contributed by atoms with Gasteiger partial charge in [-0.1, -0.05) is 58.8 Å². The third-order valence-corrected chi connectivity index (χ3v) is 6.74. The summed E-state index contributed by atoms with van der Waals surface area (Å²) in [5, 5.41) is 11.3.